The van der Waals surface area contributed by atoms with Gasteiger partial charge in [-0.15, -0.1) is 10.2 Å². The molecule has 0 saturated carbocycles. The van der Waals surface area contributed by atoms with Crippen LogP contribution in [0, 0.1) is 0 Å². The zero-order chi connectivity index (χ0) is 16.2. The van der Waals surface area contributed by atoms with Gasteiger partial charge in [0.15, 0.2) is 0 Å². The summed E-state index contributed by atoms with van der Waals surface area (Å²) in [5, 5.41) is 12.7. The van der Waals surface area contributed by atoms with Gasteiger partial charge in [-0.1, -0.05) is 53.5 Å². The van der Waals surface area contributed by atoms with Crippen molar-refractivity contribution in [2.45, 2.75) is 19.5 Å². The molecular weight excluding hydrogens is 333 g/mol. The second-order valence-electron chi connectivity index (χ2n) is 5.10. The zero-order valence-electron chi connectivity index (χ0n) is 12.5. The minimum absolute atomic E-state index is 0.0689. The zero-order valence-corrected chi connectivity index (χ0v) is 14.0. The summed E-state index contributed by atoms with van der Waals surface area (Å²) in [5.41, 5.74) is 1.76. The number of benzene rings is 2. The molecule has 1 N–H and O–H groups in total. The number of rotatable bonds is 5. The van der Waals surface area contributed by atoms with E-state index in [0.29, 0.717) is 23.3 Å². The number of halogens is 2. The normalized spacial score (nSPS) is 12.3. The molecule has 1 heterocycles. The fraction of sp³-hybridized carbons (Fsp3) is 0.176. The Morgan fingerprint density at radius 3 is 2.43 bits per heavy atom. The molecule has 0 saturated heterocycles. The van der Waals surface area contributed by atoms with Gasteiger partial charge in [-0.25, -0.2) is 0 Å². The molecule has 118 valence electrons. The Bertz CT molecular complexity index is 804. The highest BCUT2D eigenvalue weighted by atomic mass is 35.5. The summed E-state index contributed by atoms with van der Waals surface area (Å²) in [4.78, 5) is 0. The van der Waals surface area contributed by atoms with Crippen LogP contribution in [0.5, 0.6) is 0 Å². The Hall–Kier alpha value is -1.88. The first-order valence-electron chi connectivity index (χ1n) is 7.20. The molecule has 0 bridgehead atoms. The van der Waals surface area contributed by atoms with Crippen molar-refractivity contribution in [1.82, 2.24) is 15.5 Å². The average Bonchev–Trinajstić information content (AvgIpc) is 3.02. The molecule has 3 aromatic rings. The van der Waals surface area contributed by atoms with Gasteiger partial charge in [0.1, 0.15) is 0 Å². The smallest absolute Gasteiger partial charge is 0.249 e. The van der Waals surface area contributed by atoms with Crippen molar-refractivity contribution < 1.29 is 4.42 Å². The Labute approximate surface area is 144 Å². The third-order valence-corrected chi connectivity index (χ3v) is 4.18. The first kappa shape index (κ1) is 16.0. The quantitative estimate of drug-likeness (QED) is 0.713. The van der Waals surface area contributed by atoms with Crippen LogP contribution in [0.3, 0.4) is 0 Å². The summed E-state index contributed by atoms with van der Waals surface area (Å²) >= 11 is 12.3. The van der Waals surface area contributed by atoms with E-state index in [1.54, 1.807) is 6.07 Å². The standard InChI is InChI=1S/C17H15Cl2N3O/c1-11(12-6-2-4-8-14(12)18)20-10-16-21-22-17(23-16)13-7-3-5-9-15(13)19/h2-9,11,20H,10H2,1H3/t11-/m1/s1. The van der Waals surface area contributed by atoms with Gasteiger partial charge in [-0.2, -0.15) is 0 Å². The van der Waals surface area contributed by atoms with Crippen LogP contribution in [-0.2, 0) is 6.54 Å². The largest absolute Gasteiger partial charge is 0.419 e. The van der Waals surface area contributed by atoms with Crippen molar-refractivity contribution in [2.75, 3.05) is 0 Å². The Kier molecular flexibility index (Phi) is 4.96. The molecular formula is C17H15Cl2N3O. The highest BCUT2D eigenvalue weighted by molar-refractivity contribution is 6.33. The maximum Gasteiger partial charge on any atom is 0.249 e. The minimum Gasteiger partial charge on any atom is -0.419 e. The van der Waals surface area contributed by atoms with Gasteiger partial charge in [0.2, 0.25) is 11.8 Å². The third-order valence-electron chi connectivity index (χ3n) is 3.50. The highest BCUT2D eigenvalue weighted by Gasteiger charge is 2.13. The lowest BCUT2D eigenvalue weighted by molar-refractivity contribution is 0.454. The first-order valence-corrected chi connectivity index (χ1v) is 7.96. The number of nitrogens with one attached hydrogen (secondary N) is 1. The predicted molar refractivity (Wildman–Crippen MR) is 91.5 cm³/mol. The fourth-order valence-corrected chi connectivity index (χ4v) is 2.76. The second-order valence-corrected chi connectivity index (χ2v) is 5.92. The van der Waals surface area contributed by atoms with Crippen molar-refractivity contribution in [3.8, 4) is 11.5 Å². The van der Waals surface area contributed by atoms with Crippen molar-refractivity contribution in [1.29, 1.82) is 0 Å². The van der Waals surface area contributed by atoms with E-state index in [0.717, 1.165) is 16.1 Å². The van der Waals surface area contributed by atoms with Crippen molar-refractivity contribution in [3.63, 3.8) is 0 Å². The third kappa shape index (κ3) is 3.72. The molecule has 0 fully saturated rings. The molecule has 1 aromatic heterocycles. The van der Waals surface area contributed by atoms with Crippen molar-refractivity contribution in [3.05, 3.63) is 70.0 Å². The molecule has 0 radical (unpaired) electrons. The summed E-state index contributed by atoms with van der Waals surface area (Å²) in [6.45, 7) is 2.48. The van der Waals surface area contributed by atoms with Gasteiger partial charge in [-0.3, -0.25) is 0 Å². The molecule has 2 aromatic carbocycles. The predicted octanol–water partition coefficient (Wildman–Crippen LogP) is 4.89. The molecule has 0 spiro atoms. The van der Waals surface area contributed by atoms with E-state index >= 15 is 0 Å². The van der Waals surface area contributed by atoms with Gasteiger partial charge in [-0.05, 0) is 30.7 Å². The van der Waals surface area contributed by atoms with E-state index in [9.17, 15) is 0 Å². The summed E-state index contributed by atoms with van der Waals surface area (Å²) < 4.78 is 5.66. The maximum absolute atomic E-state index is 6.20. The van der Waals surface area contributed by atoms with Crippen molar-refractivity contribution >= 4 is 23.2 Å². The topological polar surface area (TPSA) is 51.0 Å². The summed E-state index contributed by atoms with van der Waals surface area (Å²) in [6, 6.07) is 15.2. The average molecular weight is 348 g/mol. The van der Waals surface area contributed by atoms with E-state index in [1.165, 1.54) is 0 Å². The lowest BCUT2D eigenvalue weighted by Crippen LogP contribution is -2.18. The van der Waals surface area contributed by atoms with Gasteiger partial charge < -0.3 is 9.73 Å². The number of hydrogen-bond acceptors (Lipinski definition) is 4. The molecule has 4 nitrogen and oxygen atoms in total. The molecule has 23 heavy (non-hydrogen) atoms. The van der Waals surface area contributed by atoms with Crippen LogP contribution in [0.1, 0.15) is 24.4 Å². The Morgan fingerprint density at radius 2 is 1.70 bits per heavy atom. The monoisotopic (exact) mass is 347 g/mol. The molecule has 0 aliphatic rings. The second kappa shape index (κ2) is 7.13. The molecule has 6 heteroatoms. The number of nitrogens with zero attached hydrogens (tertiary/aromatic N) is 2. The number of aromatic nitrogens is 2. The van der Waals surface area contributed by atoms with Crippen LogP contribution < -0.4 is 5.32 Å². The van der Waals surface area contributed by atoms with Gasteiger partial charge in [0.25, 0.3) is 0 Å². The molecule has 0 aliphatic carbocycles. The van der Waals surface area contributed by atoms with Crippen LogP contribution in [0.2, 0.25) is 10.0 Å². The van der Waals surface area contributed by atoms with Crippen LogP contribution >= 0.6 is 23.2 Å². The van der Waals surface area contributed by atoms with Crippen LogP contribution in [0.4, 0.5) is 0 Å². The highest BCUT2D eigenvalue weighted by Crippen LogP contribution is 2.26. The van der Waals surface area contributed by atoms with Gasteiger partial charge in [0.05, 0.1) is 17.1 Å². The SMILES string of the molecule is C[C@@H](NCc1nnc(-c2ccccc2Cl)o1)c1ccccc1Cl. The van der Waals surface area contributed by atoms with Crippen LogP contribution in [0.25, 0.3) is 11.5 Å². The van der Waals surface area contributed by atoms with E-state index < -0.39 is 0 Å². The maximum atomic E-state index is 6.20. The first-order chi connectivity index (χ1) is 11.1. The van der Waals surface area contributed by atoms with E-state index in [2.05, 4.69) is 15.5 Å². The Balaban J connectivity index is 1.68. The summed E-state index contributed by atoms with van der Waals surface area (Å²) in [5.74, 6) is 0.914. The van der Waals surface area contributed by atoms with E-state index in [4.69, 9.17) is 27.6 Å². The number of hydrogen-bond donors (Lipinski definition) is 1. The lowest BCUT2D eigenvalue weighted by atomic mass is 10.1. The molecule has 3 rings (SSSR count). The molecule has 0 amide bonds. The van der Waals surface area contributed by atoms with Gasteiger partial charge >= 0.3 is 0 Å². The molecule has 1 atom stereocenters. The van der Waals surface area contributed by atoms with E-state index in [1.807, 2.05) is 49.4 Å². The van der Waals surface area contributed by atoms with Crippen molar-refractivity contribution in [2.24, 2.45) is 0 Å². The molecule has 0 unspecified atom stereocenters. The molecule has 0 aliphatic heterocycles. The summed E-state index contributed by atoms with van der Waals surface area (Å²) in [7, 11) is 0. The van der Waals surface area contributed by atoms with Crippen LogP contribution in [0.15, 0.2) is 52.9 Å². The van der Waals surface area contributed by atoms with Crippen LogP contribution in [-0.4, -0.2) is 10.2 Å². The lowest BCUT2D eigenvalue weighted by Gasteiger charge is -2.14. The van der Waals surface area contributed by atoms with E-state index in [-0.39, 0.29) is 6.04 Å². The minimum atomic E-state index is 0.0689. The summed E-state index contributed by atoms with van der Waals surface area (Å²) in [6.07, 6.45) is 0. The Morgan fingerprint density at radius 1 is 1.00 bits per heavy atom. The van der Waals surface area contributed by atoms with Gasteiger partial charge in [0, 0.05) is 11.1 Å². The fourth-order valence-electron chi connectivity index (χ4n) is 2.25.